The van der Waals surface area contributed by atoms with Gasteiger partial charge >= 0.3 is 0 Å². The van der Waals surface area contributed by atoms with Crippen LogP contribution in [0.5, 0.6) is 0 Å². The number of aryl methyl sites for hydroxylation is 1. The SMILES string of the molecule is Cc1ccc(-c2ccc(NC(=O)CN3CCCC(C=O)=C(C(=O)N(C)C)C3)nc2)cn1. The number of carbonyl (C=O) groups excluding carboxylic acids is 3. The second-order valence-corrected chi connectivity index (χ2v) is 7.80. The molecule has 1 N–H and O–H groups in total. The number of hydrogen-bond donors (Lipinski definition) is 1. The number of allylic oxidation sites excluding steroid dienone is 1. The highest BCUT2D eigenvalue weighted by Gasteiger charge is 2.24. The molecule has 3 rings (SSSR count). The normalized spacial score (nSPS) is 14.7. The topological polar surface area (TPSA) is 95.5 Å². The number of hydrogen-bond acceptors (Lipinski definition) is 6. The molecule has 1 aliphatic heterocycles. The van der Waals surface area contributed by atoms with Gasteiger partial charge < -0.3 is 10.2 Å². The number of carbonyl (C=O) groups is 3. The molecular formula is C23H27N5O3. The molecule has 31 heavy (non-hydrogen) atoms. The van der Waals surface area contributed by atoms with Crippen LogP contribution in [0.1, 0.15) is 18.5 Å². The third-order valence-corrected chi connectivity index (χ3v) is 5.14. The molecular weight excluding hydrogens is 394 g/mol. The van der Waals surface area contributed by atoms with Gasteiger partial charge in [-0.2, -0.15) is 0 Å². The van der Waals surface area contributed by atoms with Gasteiger partial charge in [0.05, 0.1) is 6.54 Å². The van der Waals surface area contributed by atoms with Crippen LogP contribution in [0.4, 0.5) is 5.82 Å². The van der Waals surface area contributed by atoms with Crippen molar-refractivity contribution in [3.63, 3.8) is 0 Å². The summed E-state index contributed by atoms with van der Waals surface area (Å²) in [6, 6.07) is 7.55. The van der Waals surface area contributed by atoms with E-state index in [0.717, 1.165) is 23.1 Å². The standard InChI is InChI=1S/C23H27N5O3/c1-16-6-7-17(11-24-16)18-8-9-21(25-12-18)26-22(30)14-28-10-4-5-19(15-29)20(13-28)23(31)27(2)3/h6-9,11-12,15H,4-5,10,13-14H2,1-3H3,(H,25,26,30). The Hall–Kier alpha value is -3.39. The molecule has 0 aliphatic carbocycles. The molecule has 0 spiro atoms. The smallest absolute Gasteiger partial charge is 0.250 e. The minimum absolute atomic E-state index is 0.113. The first-order valence-corrected chi connectivity index (χ1v) is 10.2. The average Bonchev–Trinajstić information content (AvgIpc) is 2.96. The molecule has 0 aromatic carbocycles. The molecule has 162 valence electrons. The maximum absolute atomic E-state index is 12.6. The number of nitrogens with one attached hydrogen (secondary N) is 1. The molecule has 1 aliphatic rings. The molecule has 0 atom stereocenters. The predicted octanol–water partition coefficient (Wildman–Crippen LogP) is 2.07. The third-order valence-electron chi connectivity index (χ3n) is 5.14. The lowest BCUT2D eigenvalue weighted by molar-refractivity contribution is -0.125. The molecule has 0 saturated heterocycles. The van der Waals surface area contributed by atoms with Crippen molar-refractivity contribution in [2.45, 2.75) is 19.8 Å². The highest BCUT2D eigenvalue weighted by molar-refractivity contribution is 5.99. The number of aromatic nitrogens is 2. The van der Waals surface area contributed by atoms with Gasteiger partial charge in [0.2, 0.25) is 5.91 Å². The van der Waals surface area contributed by atoms with Crippen LogP contribution in [0.25, 0.3) is 11.1 Å². The first-order chi connectivity index (χ1) is 14.9. The summed E-state index contributed by atoms with van der Waals surface area (Å²) in [6.07, 6.45) is 5.49. The Morgan fingerprint density at radius 2 is 1.84 bits per heavy atom. The third kappa shape index (κ3) is 5.82. The molecule has 0 saturated carbocycles. The van der Waals surface area contributed by atoms with E-state index in [4.69, 9.17) is 0 Å². The fourth-order valence-corrected chi connectivity index (χ4v) is 3.45. The zero-order valence-electron chi connectivity index (χ0n) is 18.1. The van der Waals surface area contributed by atoms with Crippen LogP contribution in [0.3, 0.4) is 0 Å². The fourth-order valence-electron chi connectivity index (χ4n) is 3.45. The van der Waals surface area contributed by atoms with Crippen molar-refractivity contribution in [1.29, 1.82) is 0 Å². The predicted molar refractivity (Wildman–Crippen MR) is 118 cm³/mol. The van der Waals surface area contributed by atoms with E-state index in [1.54, 1.807) is 32.6 Å². The molecule has 0 unspecified atom stereocenters. The Morgan fingerprint density at radius 1 is 1.13 bits per heavy atom. The first kappa shape index (κ1) is 22.3. The van der Waals surface area contributed by atoms with Gasteiger partial charge in [0, 0.05) is 61.0 Å². The highest BCUT2D eigenvalue weighted by Crippen LogP contribution is 2.20. The monoisotopic (exact) mass is 421 g/mol. The fraction of sp³-hybridized carbons (Fsp3) is 0.348. The van der Waals surface area contributed by atoms with Crippen LogP contribution >= 0.6 is 0 Å². The zero-order valence-corrected chi connectivity index (χ0v) is 18.1. The van der Waals surface area contributed by atoms with Crippen molar-refractivity contribution in [3.8, 4) is 11.1 Å². The van der Waals surface area contributed by atoms with E-state index in [0.29, 0.717) is 36.4 Å². The lowest BCUT2D eigenvalue weighted by atomic mass is 10.1. The summed E-state index contributed by atoms with van der Waals surface area (Å²) in [5, 5.41) is 2.80. The summed E-state index contributed by atoms with van der Waals surface area (Å²) in [6.45, 7) is 2.94. The van der Waals surface area contributed by atoms with Crippen molar-refractivity contribution in [3.05, 3.63) is 53.5 Å². The average molecular weight is 422 g/mol. The molecule has 2 aromatic rings. The van der Waals surface area contributed by atoms with Crippen molar-refractivity contribution in [2.75, 3.05) is 39.0 Å². The van der Waals surface area contributed by atoms with Crippen molar-refractivity contribution < 1.29 is 14.4 Å². The molecule has 8 heteroatoms. The van der Waals surface area contributed by atoms with Crippen molar-refractivity contribution >= 4 is 23.9 Å². The quantitative estimate of drug-likeness (QED) is 0.718. The number of likely N-dealkylation sites (N-methyl/N-ethyl adjacent to an activating group) is 1. The molecule has 0 bridgehead atoms. The van der Waals surface area contributed by atoms with Gasteiger partial charge in [-0.05, 0) is 44.5 Å². The van der Waals surface area contributed by atoms with E-state index in [9.17, 15) is 14.4 Å². The summed E-state index contributed by atoms with van der Waals surface area (Å²) in [7, 11) is 3.31. The van der Waals surface area contributed by atoms with Gasteiger partial charge in [0.25, 0.3) is 5.91 Å². The summed E-state index contributed by atoms with van der Waals surface area (Å²) in [5.41, 5.74) is 3.79. The van der Waals surface area contributed by atoms with Crippen LogP contribution < -0.4 is 5.32 Å². The summed E-state index contributed by atoms with van der Waals surface area (Å²) in [5.74, 6) is 0.0399. The number of amides is 2. The Morgan fingerprint density at radius 3 is 2.42 bits per heavy atom. The van der Waals surface area contributed by atoms with E-state index >= 15 is 0 Å². The minimum Gasteiger partial charge on any atom is -0.345 e. The number of nitrogens with zero attached hydrogens (tertiary/aromatic N) is 4. The molecule has 8 nitrogen and oxygen atoms in total. The lowest BCUT2D eigenvalue weighted by Crippen LogP contribution is -2.37. The molecule has 2 aromatic heterocycles. The molecule has 0 fully saturated rings. The number of rotatable bonds is 6. The maximum atomic E-state index is 12.6. The Balaban J connectivity index is 1.63. The van der Waals surface area contributed by atoms with E-state index in [-0.39, 0.29) is 24.9 Å². The molecule has 2 amide bonds. The van der Waals surface area contributed by atoms with Crippen molar-refractivity contribution in [1.82, 2.24) is 19.8 Å². The van der Waals surface area contributed by atoms with Gasteiger partial charge in [0.15, 0.2) is 0 Å². The van der Waals surface area contributed by atoms with E-state index in [1.165, 1.54) is 4.90 Å². The summed E-state index contributed by atoms with van der Waals surface area (Å²) >= 11 is 0. The Bertz CT molecular complexity index is 981. The lowest BCUT2D eigenvalue weighted by Gasteiger charge is -2.22. The highest BCUT2D eigenvalue weighted by atomic mass is 16.2. The second kappa shape index (κ2) is 10.1. The molecule has 3 heterocycles. The van der Waals surface area contributed by atoms with Crippen LogP contribution in [0.2, 0.25) is 0 Å². The van der Waals surface area contributed by atoms with Crippen LogP contribution in [-0.2, 0) is 14.4 Å². The maximum Gasteiger partial charge on any atom is 0.250 e. The Kier molecular flexibility index (Phi) is 7.25. The number of aldehydes is 1. The van der Waals surface area contributed by atoms with Crippen molar-refractivity contribution in [2.24, 2.45) is 0 Å². The van der Waals surface area contributed by atoms with Crippen LogP contribution in [-0.4, -0.2) is 71.6 Å². The largest absolute Gasteiger partial charge is 0.345 e. The Labute approximate surface area is 182 Å². The summed E-state index contributed by atoms with van der Waals surface area (Å²) < 4.78 is 0. The van der Waals surface area contributed by atoms with Crippen LogP contribution in [0, 0.1) is 6.92 Å². The van der Waals surface area contributed by atoms with Crippen LogP contribution in [0.15, 0.2) is 47.8 Å². The van der Waals surface area contributed by atoms with E-state index in [2.05, 4.69) is 15.3 Å². The van der Waals surface area contributed by atoms with Gasteiger partial charge in [-0.25, -0.2) is 4.98 Å². The van der Waals surface area contributed by atoms with Gasteiger partial charge in [-0.1, -0.05) is 6.07 Å². The second-order valence-electron chi connectivity index (χ2n) is 7.80. The number of anilines is 1. The molecule has 0 radical (unpaired) electrons. The number of pyridine rings is 2. The van der Waals surface area contributed by atoms with Gasteiger partial charge in [-0.3, -0.25) is 24.3 Å². The van der Waals surface area contributed by atoms with Gasteiger partial charge in [0.1, 0.15) is 12.1 Å². The minimum atomic E-state index is -0.219. The van der Waals surface area contributed by atoms with E-state index < -0.39 is 0 Å². The van der Waals surface area contributed by atoms with E-state index in [1.807, 2.05) is 30.0 Å². The zero-order chi connectivity index (χ0) is 22.4. The van der Waals surface area contributed by atoms with Gasteiger partial charge in [-0.15, -0.1) is 0 Å². The summed E-state index contributed by atoms with van der Waals surface area (Å²) in [4.78, 5) is 48.4. The first-order valence-electron chi connectivity index (χ1n) is 10.2.